The van der Waals surface area contributed by atoms with Crippen molar-refractivity contribution < 1.29 is 19.8 Å². The number of carbonyl (C=O) groups is 2. The molecule has 1 unspecified atom stereocenters. The highest BCUT2D eigenvalue weighted by Gasteiger charge is 2.43. The number of aromatic nitrogens is 1. The second-order valence-corrected chi connectivity index (χ2v) is 5.18. The molecule has 2 rings (SSSR count). The van der Waals surface area contributed by atoms with Crippen LogP contribution < -0.4 is 5.32 Å². The van der Waals surface area contributed by atoms with E-state index >= 15 is 0 Å². The van der Waals surface area contributed by atoms with Crippen molar-refractivity contribution in [3.05, 3.63) is 24.0 Å². The number of pyridine rings is 1. The molecule has 6 nitrogen and oxygen atoms in total. The van der Waals surface area contributed by atoms with Crippen LogP contribution in [0.5, 0.6) is 5.75 Å². The minimum absolute atomic E-state index is 0.132. The molecule has 1 saturated heterocycles. The first-order valence-corrected chi connectivity index (χ1v) is 6.47. The van der Waals surface area contributed by atoms with Crippen molar-refractivity contribution in [1.82, 2.24) is 10.3 Å². The van der Waals surface area contributed by atoms with Crippen molar-refractivity contribution in [2.24, 2.45) is 0 Å². The zero-order valence-electron chi connectivity index (χ0n) is 9.42. The first kappa shape index (κ1) is 12.7. The molecule has 3 N–H and O–H groups in total. The monoisotopic (exact) mass is 268 g/mol. The van der Waals surface area contributed by atoms with Crippen molar-refractivity contribution in [2.45, 2.75) is 12.0 Å². The van der Waals surface area contributed by atoms with E-state index in [1.165, 1.54) is 30.2 Å². The van der Waals surface area contributed by atoms with Crippen LogP contribution in [0.1, 0.15) is 16.8 Å². The second kappa shape index (κ2) is 4.85. The molecule has 0 saturated carbocycles. The lowest BCUT2D eigenvalue weighted by molar-refractivity contribution is -0.143. The van der Waals surface area contributed by atoms with E-state index in [4.69, 9.17) is 0 Å². The van der Waals surface area contributed by atoms with Gasteiger partial charge in [0, 0.05) is 11.9 Å². The van der Waals surface area contributed by atoms with Gasteiger partial charge in [-0.1, -0.05) is 0 Å². The van der Waals surface area contributed by atoms with Gasteiger partial charge >= 0.3 is 5.97 Å². The molecule has 0 spiro atoms. The molecule has 1 aromatic rings. The standard InChI is InChI=1S/C11H12N2O4S/c14-8-3-7(4-12-5-8)9(15)13-11(10(16)17)1-2-18-6-11/h3-5,14H,1-2,6H2,(H,13,15)(H,16,17). The van der Waals surface area contributed by atoms with Crippen LogP contribution in [0, 0.1) is 0 Å². The fourth-order valence-electron chi connectivity index (χ4n) is 1.73. The van der Waals surface area contributed by atoms with E-state index in [-0.39, 0.29) is 11.3 Å². The summed E-state index contributed by atoms with van der Waals surface area (Å²) in [5, 5.41) is 21.0. The Bertz CT molecular complexity index is 486. The third-order valence-corrected chi connectivity index (χ3v) is 3.96. The summed E-state index contributed by atoms with van der Waals surface area (Å²) in [5.74, 6) is -0.657. The van der Waals surface area contributed by atoms with Crippen LogP contribution in [0.3, 0.4) is 0 Å². The molecule has 7 heteroatoms. The van der Waals surface area contributed by atoms with Gasteiger partial charge in [0.05, 0.1) is 11.8 Å². The van der Waals surface area contributed by atoms with E-state index in [0.29, 0.717) is 17.9 Å². The highest BCUT2D eigenvalue weighted by molar-refractivity contribution is 7.99. The van der Waals surface area contributed by atoms with Gasteiger partial charge in [-0.05, 0) is 18.2 Å². The smallest absolute Gasteiger partial charge is 0.330 e. The molecule has 18 heavy (non-hydrogen) atoms. The summed E-state index contributed by atoms with van der Waals surface area (Å²) in [6.07, 6.45) is 2.88. The molecule has 0 radical (unpaired) electrons. The predicted molar refractivity (Wildman–Crippen MR) is 65.7 cm³/mol. The second-order valence-electron chi connectivity index (χ2n) is 4.08. The van der Waals surface area contributed by atoms with Gasteiger partial charge < -0.3 is 15.5 Å². The van der Waals surface area contributed by atoms with Gasteiger partial charge in [-0.2, -0.15) is 11.8 Å². The number of carbonyl (C=O) groups excluding carboxylic acids is 1. The van der Waals surface area contributed by atoms with E-state index in [9.17, 15) is 19.8 Å². The summed E-state index contributed by atoms with van der Waals surface area (Å²) >= 11 is 1.49. The lowest BCUT2D eigenvalue weighted by Crippen LogP contribution is -2.54. The summed E-state index contributed by atoms with van der Waals surface area (Å²) in [7, 11) is 0. The molecule has 1 aliphatic rings. The zero-order valence-corrected chi connectivity index (χ0v) is 10.2. The third kappa shape index (κ3) is 2.40. The van der Waals surface area contributed by atoms with Crippen LogP contribution in [0.4, 0.5) is 0 Å². The first-order valence-electron chi connectivity index (χ1n) is 5.31. The van der Waals surface area contributed by atoms with Gasteiger partial charge in [-0.25, -0.2) is 4.79 Å². The Morgan fingerprint density at radius 2 is 2.22 bits per heavy atom. The lowest BCUT2D eigenvalue weighted by atomic mass is 9.98. The molecule has 1 atom stereocenters. The van der Waals surface area contributed by atoms with Gasteiger partial charge in [-0.15, -0.1) is 0 Å². The Morgan fingerprint density at radius 1 is 1.44 bits per heavy atom. The zero-order chi connectivity index (χ0) is 13.2. The van der Waals surface area contributed by atoms with E-state index in [1.807, 2.05) is 0 Å². The maximum absolute atomic E-state index is 11.9. The summed E-state index contributed by atoms with van der Waals surface area (Å²) < 4.78 is 0. The van der Waals surface area contributed by atoms with E-state index < -0.39 is 17.4 Å². The number of thioether (sulfide) groups is 1. The number of hydrogen-bond donors (Lipinski definition) is 3. The molecule has 1 fully saturated rings. The molecule has 0 aliphatic carbocycles. The molecular weight excluding hydrogens is 256 g/mol. The van der Waals surface area contributed by atoms with Gasteiger partial charge in [-0.3, -0.25) is 9.78 Å². The Hall–Kier alpha value is -1.76. The van der Waals surface area contributed by atoms with Crippen LogP contribution in [0.2, 0.25) is 0 Å². The van der Waals surface area contributed by atoms with Crippen molar-refractivity contribution >= 4 is 23.6 Å². The van der Waals surface area contributed by atoms with E-state index in [0.717, 1.165) is 0 Å². The fraction of sp³-hybridized carbons (Fsp3) is 0.364. The average Bonchev–Trinajstić information content (AvgIpc) is 2.79. The average molecular weight is 268 g/mol. The van der Waals surface area contributed by atoms with Gasteiger partial charge in [0.15, 0.2) is 0 Å². The van der Waals surface area contributed by atoms with Crippen LogP contribution in [0.25, 0.3) is 0 Å². The molecule has 96 valence electrons. The largest absolute Gasteiger partial charge is 0.506 e. The normalized spacial score (nSPS) is 22.7. The number of amides is 1. The van der Waals surface area contributed by atoms with Gasteiger partial charge in [0.25, 0.3) is 5.91 Å². The van der Waals surface area contributed by atoms with Crippen molar-refractivity contribution in [1.29, 1.82) is 0 Å². The van der Waals surface area contributed by atoms with Crippen LogP contribution in [-0.4, -0.2) is 44.1 Å². The Labute approximate surface area is 107 Å². The highest BCUT2D eigenvalue weighted by atomic mass is 32.2. The molecule has 1 aromatic heterocycles. The van der Waals surface area contributed by atoms with Crippen molar-refractivity contribution in [3.63, 3.8) is 0 Å². The third-order valence-electron chi connectivity index (χ3n) is 2.77. The lowest BCUT2D eigenvalue weighted by Gasteiger charge is -2.24. The minimum Gasteiger partial charge on any atom is -0.506 e. The van der Waals surface area contributed by atoms with Crippen LogP contribution in [-0.2, 0) is 4.79 Å². The van der Waals surface area contributed by atoms with Crippen LogP contribution >= 0.6 is 11.8 Å². The summed E-state index contributed by atoms with van der Waals surface area (Å²) in [5.41, 5.74) is -1.07. The number of nitrogens with zero attached hydrogens (tertiary/aromatic N) is 1. The molecule has 0 aromatic carbocycles. The van der Waals surface area contributed by atoms with Crippen molar-refractivity contribution in [2.75, 3.05) is 11.5 Å². The molecule has 0 bridgehead atoms. The Morgan fingerprint density at radius 3 is 2.78 bits per heavy atom. The molecule has 2 heterocycles. The quantitative estimate of drug-likeness (QED) is 0.737. The number of aliphatic carboxylic acids is 1. The number of hydrogen-bond acceptors (Lipinski definition) is 5. The summed E-state index contributed by atoms with van der Waals surface area (Å²) in [6.45, 7) is 0. The first-order chi connectivity index (χ1) is 8.53. The highest BCUT2D eigenvalue weighted by Crippen LogP contribution is 2.28. The van der Waals surface area contributed by atoms with Crippen LogP contribution in [0.15, 0.2) is 18.5 Å². The van der Waals surface area contributed by atoms with Crippen molar-refractivity contribution in [3.8, 4) is 5.75 Å². The maximum atomic E-state index is 11.9. The topological polar surface area (TPSA) is 99.5 Å². The fourth-order valence-corrected chi connectivity index (χ4v) is 3.05. The number of rotatable bonds is 3. The minimum atomic E-state index is -1.22. The van der Waals surface area contributed by atoms with E-state index in [2.05, 4.69) is 10.3 Å². The molecule has 1 aliphatic heterocycles. The predicted octanol–water partition coefficient (Wildman–Crippen LogP) is 0.477. The SMILES string of the molecule is O=C(NC1(C(=O)O)CCSC1)c1cncc(O)c1. The Balaban J connectivity index is 2.18. The summed E-state index contributed by atoms with van der Waals surface area (Å²) in [4.78, 5) is 26.9. The number of aromatic hydroxyl groups is 1. The number of carboxylic acids is 1. The summed E-state index contributed by atoms with van der Waals surface area (Å²) in [6, 6.07) is 1.25. The Kier molecular flexibility index (Phi) is 3.42. The molecule has 1 amide bonds. The van der Waals surface area contributed by atoms with E-state index in [1.54, 1.807) is 0 Å². The number of nitrogens with one attached hydrogen (secondary N) is 1. The van der Waals surface area contributed by atoms with Gasteiger partial charge in [0.2, 0.25) is 0 Å². The molecular formula is C11H12N2O4S. The maximum Gasteiger partial charge on any atom is 0.330 e. The van der Waals surface area contributed by atoms with Gasteiger partial charge in [0.1, 0.15) is 11.3 Å². The number of carboxylic acid groups (broad SMARTS) is 1.